The number of halogens is 1. The van der Waals surface area contributed by atoms with Crippen LogP contribution in [0.2, 0.25) is 0 Å². The SMILES string of the molecule is Cc1oc(-c2ccccc2)[n+]([O-])c1C.Cc1oc(-c2ccccc2)nc1CCl. The Kier molecular flexibility index (Phi) is 6.16. The predicted octanol–water partition coefficient (Wildman–Crippen LogP) is 5.59. The molecule has 0 saturated carbocycles. The summed E-state index contributed by atoms with van der Waals surface area (Å²) in [5, 5.41) is 11.6. The summed E-state index contributed by atoms with van der Waals surface area (Å²) in [6.45, 7) is 5.41. The molecule has 0 spiro atoms. The third kappa shape index (κ3) is 4.26. The molecule has 0 unspecified atom stereocenters. The fourth-order valence-corrected chi connectivity index (χ4v) is 2.82. The average Bonchev–Trinajstić information content (AvgIpc) is 3.24. The third-order valence-electron chi connectivity index (χ3n) is 4.31. The van der Waals surface area contributed by atoms with E-state index in [1.165, 1.54) is 0 Å². The number of hydrogen-bond donors (Lipinski definition) is 0. The van der Waals surface area contributed by atoms with E-state index < -0.39 is 0 Å². The molecule has 144 valence electrons. The molecule has 0 N–H and O–H groups in total. The van der Waals surface area contributed by atoms with Crippen LogP contribution in [0.1, 0.15) is 22.9 Å². The van der Waals surface area contributed by atoms with Crippen molar-refractivity contribution in [2.75, 3.05) is 0 Å². The predicted molar refractivity (Wildman–Crippen MR) is 109 cm³/mol. The second kappa shape index (κ2) is 8.76. The van der Waals surface area contributed by atoms with Crippen LogP contribution in [0.5, 0.6) is 0 Å². The molecule has 5 nitrogen and oxygen atoms in total. The maximum absolute atomic E-state index is 11.6. The van der Waals surface area contributed by atoms with Crippen LogP contribution in [0.3, 0.4) is 0 Å². The van der Waals surface area contributed by atoms with Gasteiger partial charge < -0.3 is 14.0 Å². The number of aryl methyl sites for hydroxylation is 2. The summed E-state index contributed by atoms with van der Waals surface area (Å²) in [6.07, 6.45) is 0. The van der Waals surface area contributed by atoms with E-state index in [1.807, 2.05) is 67.6 Å². The van der Waals surface area contributed by atoms with Crippen LogP contribution in [0.4, 0.5) is 0 Å². The minimum Gasteiger partial charge on any atom is -0.616 e. The van der Waals surface area contributed by atoms with Crippen LogP contribution in [0, 0.1) is 26.0 Å². The Morgan fingerprint density at radius 2 is 1.43 bits per heavy atom. The molecule has 0 amide bonds. The highest BCUT2D eigenvalue weighted by Gasteiger charge is 2.19. The minimum absolute atomic E-state index is 0.362. The molecular weight excluding hydrogens is 376 g/mol. The Bertz CT molecular complexity index is 1040. The van der Waals surface area contributed by atoms with Gasteiger partial charge in [0.05, 0.1) is 17.1 Å². The van der Waals surface area contributed by atoms with Gasteiger partial charge in [-0.25, -0.2) is 4.98 Å². The Morgan fingerprint density at radius 3 is 1.89 bits per heavy atom. The van der Waals surface area contributed by atoms with E-state index >= 15 is 0 Å². The summed E-state index contributed by atoms with van der Waals surface area (Å²) >= 11 is 5.71. The van der Waals surface area contributed by atoms with E-state index in [1.54, 1.807) is 13.8 Å². The number of hydrogen-bond acceptors (Lipinski definition) is 4. The van der Waals surface area contributed by atoms with Crippen LogP contribution in [0.25, 0.3) is 22.9 Å². The lowest BCUT2D eigenvalue weighted by atomic mass is 10.2. The van der Waals surface area contributed by atoms with Crippen LogP contribution in [-0.4, -0.2) is 4.98 Å². The van der Waals surface area contributed by atoms with Gasteiger partial charge in [0.1, 0.15) is 5.76 Å². The Labute approximate surface area is 168 Å². The first-order chi connectivity index (χ1) is 13.5. The first-order valence-corrected chi connectivity index (χ1v) is 9.37. The highest BCUT2D eigenvalue weighted by Crippen LogP contribution is 2.22. The summed E-state index contributed by atoms with van der Waals surface area (Å²) in [4.78, 5) is 4.30. The molecule has 2 aromatic heterocycles. The molecule has 4 rings (SSSR count). The van der Waals surface area contributed by atoms with Gasteiger partial charge in [0.15, 0.2) is 5.76 Å². The number of rotatable bonds is 3. The number of alkyl halides is 1. The van der Waals surface area contributed by atoms with Gasteiger partial charge in [-0.3, -0.25) is 0 Å². The van der Waals surface area contributed by atoms with Crippen molar-refractivity contribution in [1.29, 1.82) is 0 Å². The number of nitrogens with zero attached hydrogens (tertiary/aromatic N) is 2. The molecule has 0 radical (unpaired) electrons. The zero-order chi connectivity index (χ0) is 20.1. The van der Waals surface area contributed by atoms with Gasteiger partial charge in [-0.2, -0.15) is 0 Å². The van der Waals surface area contributed by atoms with Crippen molar-refractivity contribution in [2.45, 2.75) is 26.7 Å². The van der Waals surface area contributed by atoms with Gasteiger partial charge >= 0.3 is 5.89 Å². The lowest BCUT2D eigenvalue weighted by Gasteiger charge is -1.96. The van der Waals surface area contributed by atoms with Crippen LogP contribution in [-0.2, 0) is 5.88 Å². The molecule has 4 aromatic rings. The summed E-state index contributed by atoms with van der Waals surface area (Å²) in [5.74, 6) is 2.85. The molecule has 6 heteroatoms. The zero-order valence-electron chi connectivity index (χ0n) is 16.0. The van der Waals surface area contributed by atoms with Crippen molar-refractivity contribution in [3.05, 3.63) is 88.8 Å². The van der Waals surface area contributed by atoms with E-state index in [2.05, 4.69) is 4.98 Å². The van der Waals surface area contributed by atoms with Crippen molar-refractivity contribution in [1.82, 2.24) is 4.98 Å². The van der Waals surface area contributed by atoms with Gasteiger partial charge in [0.2, 0.25) is 11.6 Å². The fourth-order valence-electron chi connectivity index (χ4n) is 2.57. The van der Waals surface area contributed by atoms with E-state index in [0.717, 1.165) is 27.3 Å². The molecule has 0 aliphatic heterocycles. The monoisotopic (exact) mass is 396 g/mol. The van der Waals surface area contributed by atoms with Crippen LogP contribution >= 0.6 is 11.6 Å². The smallest absolute Gasteiger partial charge is 0.392 e. The fraction of sp³-hybridized carbons (Fsp3) is 0.182. The van der Waals surface area contributed by atoms with Crippen molar-refractivity contribution in [3.8, 4) is 22.9 Å². The normalized spacial score (nSPS) is 10.4. The Hall–Kier alpha value is -3.05. The lowest BCUT2D eigenvalue weighted by molar-refractivity contribution is -0.602. The van der Waals surface area contributed by atoms with E-state index in [0.29, 0.717) is 29.1 Å². The van der Waals surface area contributed by atoms with E-state index in [4.69, 9.17) is 20.4 Å². The van der Waals surface area contributed by atoms with Gasteiger partial charge in [-0.15, -0.1) is 16.3 Å². The van der Waals surface area contributed by atoms with Crippen molar-refractivity contribution in [2.24, 2.45) is 0 Å². The van der Waals surface area contributed by atoms with Crippen LogP contribution < -0.4 is 4.73 Å². The summed E-state index contributed by atoms with van der Waals surface area (Å²) in [6, 6.07) is 19.2. The summed E-state index contributed by atoms with van der Waals surface area (Å²) in [5.41, 5.74) is 3.21. The van der Waals surface area contributed by atoms with Crippen molar-refractivity contribution >= 4 is 11.6 Å². The first-order valence-electron chi connectivity index (χ1n) is 8.84. The first kappa shape index (κ1) is 19.7. The van der Waals surface area contributed by atoms with Gasteiger partial charge in [-0.1, -0.05) is 36.4 Å². The van der Waals surface area contributed by atoms with E-state index in [-0.39, 0.29) is 0 Å². The number of aromatic nitrogens is 2. The van der Waals surface area contributed by atoms with Crippen molar-refractivity contribution in [3.63, 3.8) is 0 Å². The van der Waals surface area contributed by atoms with Gasteiger partial charge in [0, 0.05) is 19.4 Å². The van der Waals surface area contributed by atoms with Crippen molar-refractivity contribution < 1.29 is 13.6 Å². The van der Waals surface area contributed by atoms with E-state index in [9.17, 15) is 5.21 Å². The zero-order valence-corrected chi connectivity index (χ0v) is 16.7. The van der Waals surface area contributed by atoms with Gasteiger partial charge in [0.25, 0.3) is 0 Å². The molecule has 0 aliphatic carbocycles. The summed E-state index contributed by atoms with van der Waals surface area (Å²) in [7, 11) is 0. The minimum atomic E-state index is 0.362. The maximum atomic E-state index is 11.6. The lowest BCUT2D eigenvalue weighted by Crippen LogP contribution is -2.29. The maximum Gasteiger partial charge on any atom is 0.392 e. The molecule has 0 aliphatic rings. The molecule has 0 atom stereocenters. The topological polar surface area (TPSA) is 66.1 Å². The Balaban J connectivity index is 0.000000161. The Morgan fingerprint density at radius 1 is 0.857 bits per heavy atom. The highest BCUT2D eigenvalue weighted by atomic mass is 35.5. The summed E-state index contributed by atoms with van der Waals surface area (Å²) < 4.78 is 11.7. The molecule has 0 bridgehead atoms. The highest BCUT2D eigenvalue weighted by molar-refractivity contribution is 6.16. The van der Waals surface area contributed by atoms with Crippen LogP contribution in [0.15, 0.2) is 69.5 Å². The number of benzene rings is 2. The molecule has 0 fully saturated rings. The molecule has 2 aromatic carbocycles. The second-order valence-electron chi connectivity index (χ2n) is 6.23. The van der Waals surface area contributed by atoms with Gasteiger partial charge in [-0.05, 0) is 31.2 Å². The second-order valence-corrected chi connectivity index (χ2v) is 6.50. The average molecular weight is 397 g/mol. The standard InChI is InChI=1S/C11H10ClNO.C11H11NO2/c1-8-10(7-12)13-11(14-8)9-5-3-2-4-6-9;1-8-9(2)14-11(12(8)13)10-6-4-3-5-7-10/h2-6H,7H2,1H3;3-7H,1-2H3. The molecule has 0 saturated heterocycles. The molecule has 28 heavy (non-hydrogen) atoms. The quantitative estimate of drug-likeness (QED) is 0.257. The molecular formula is C22H21ClN2O3. The number of oxazole rings is 2. The third-order valence-corrected chi connectivity index (χ3v) is 4.56. The largest absolute Gasteiger partial charge is 0.616 e. The molecule has 2 heterocycles.